The van der Waals surface area contributed by atoms with Gasteiger partial charge in [-0.3, -0.25) is 0 Å². The molecule has 0 unspecified atom stereocenters. The molecule has 1 aliphatic carbocycles. The van der Waals surface area contributed by atoms with Gasteiger partial charge in [-0.2, -0.15) is 0 Å². The van der Waals surface area contributed by atoms with E-state index in [1.807, 2.05) is 6.07 Å². The van der Waals surface area contributed by atoms with E-state index in [0.29, 0.717) is 5.82 Å². The lowest BCUT2D eigenvalue weighted by atomic mass is 9.81. The summed E-state index contributed by atoms with van der Waals surface area (Å²) in [4.78, 5) is 10.6. The molecule has 0 saturated carbocycles. The van der Waals surface area contributed by atoms with Crippen LogP contribution in [0.2, 0.25) is 0 Å². The lowest BCUT2D eigenvalue weighted by Gasteiger charge is -2.22. The van der Waals surface area contributed by atoms with E-state index in [-0.39, 0.29) is 5.41 Å². The summed E-state index contributed by atoms with van der Waals surface area (Å²) in [5.74, 6) is 0.703. The maximum absolute atomic E-state index is 5.33. The zero-order valence-corrected chi connectivity index (χ0v) is 35.2. The maximum Gasteiger partial charge on any atom is 0.161 e. The largest absolute Gasteiger partial charge is 0.228 e. The van der Waals surface area contributed by atoms with Crippen LogP contribution in [0.1, 0.15) is 25.0 Å². The van der Waals surface area contributed by atoms with Gasteiger partial charge in [-0.15, -0.1) is 0 Å². The molecule has 1 heterocycles. The number of rotatable bonds is 6. The van der Waals surface area contributed by atoms with E-state index in [9.17, 15) is 0 Å². The average molecular weight is 803 g/mol. The van der Waals surface area contributed by atoms with Crippen molar-refractivity contribution in [1.29, 1.82) is 0 Å². The van der Waals surface area contributed by atoms with Crippen molar-refractivity contribution in [3.05, 3.63) is 230 Å². The Morgan fingerprint density at radius 3 is 1.46 bits per heavy atom. The second-order valence-corrected chi connectivity index (χ2v) is 17.3. The minimum Gasteiger partial charge on any atom is -0.228 e. The molecule has 11 aromatic rings. The topological polar surface area (TPSA) is 25.8 Å². The van der Waals surface area contributed by atoms with Gasteiger partial charge in [0.05, 0.1) is 11.4 Å². The molecule has 2 heteroatoms. The van der Waals surface area contributed by atoms with E-state index in [2.05, 4.69) is 226 Å². The highest BCUT2D eigenvalue weighted by atomic mass is 14.9. The van der Waals surface area contributed by atoms with E-state index < -0.39 is 0 Å². The average Bonchev–Trinajstić information content (AvgIpc) is 3.57. The van der Waals surface area contributed by atoms with Gasteiger partial charge in [-0.05, 0) is 124 Å². The summed E-state index contributed by atoms with van der Waals surface area (Å²) < 4.78 is 0. The molecule has 10 aromatic carbocycles. The third kappa shape index (κ3) is 6.17. The maximum atomic E-state index is 5.33. The van der Waals surface area contributed by atoms with Gasteiger partial charge in [0.2, 0.25) is 0 Å². The molecular weight excluding hydrogens is 761 g/mol. The summed E-state index contributed by atoms with van der Waals surface area (Å²) in [7, 11) is 0. The predicted molar refractivity (Wildman–Crippen MR) is 265 cm³/mol. The lowest BCUT2D eigenvalue weighted by molar-refractivity contribution is 0.661. The van der Waals surface area contributed by atoms with Crippen LogP contribution in [0, 0.1) is 0 Å². The predicted octanol–water partition coefficient (Wildman–Crippen LogP) is 16.2. The van der Waals surface area contributed by atoms with Gasteiger partial charge in [0.15, 0.2) is 5.82 Å². The summed E-state index contributed by atoms with van der Waals surface area (Å²) in [6.45, 7) is 4.73. The van der Waals surface area contributed by atoms with Crippen molar-refractivity contribution < 1.29 is 0 Å². The molecule has 0 spiro atoms. The highest BCUT2D eigenvalue weighted by Gasteiger charge is 2.36. The first-order valence-corrected chi connectivity index (χ1v) is 21.8. The molecular formula is C61H42N2. The third-order valence-electron chi connectivity index (χ3n) is 13.3. The Kier molecular flexibility index (Phi) is 8.55. The Balaban J connectivity index is 0.987. The molecule has 0 bridgehead atoms. The van der Waals surface area contributed by atoms with E-state index >= 15 is 0 Å². The summed E-state index contributed by atoms with van der Waals surface area (Å²) in [5.41, 5.74) is 17.5. The molecule has 1 aliphatic rings. The second kappa shape index (κ2) is 14.6. The van der Waals surface area contributed by atoms with Gasteiger partial charge >= 0.3 is 0 Å². The minimum absolute atomic E-state index is 0.0741. The Labute approximate surface area is 367 Å². The summed E-state index contributed by atoms with van der Waals surface area (Å²) in [6.07, 6.45) is 0. The molecule has 1 aromatic heterocycles. The molecule has 12 rings (SSSR count). The highest BCUT2D eigenvalue weighted by Crippen LogP contribution is 2.51. The van der Waals surface area contributed by atoms with Crippen LogP contribution in [-0.2, 0) is 5.41 Å². The fraction of sp³-hybridized carbons (Fsp3) is 0.0492. The van der Waals surface area contributed by atoms with Gasteiger partial charge < -0.3 is 0 Å². The molecule has 0 amide bonds. The number of hydrogen-bond donors (Lipinski definition) is 0. The fourth-order valence-electron chi connectivity index (χ4n) is 10.1. The monoisotopic (exact) mass is 802 g/mol. The standard InChI is InChI=1S/C61H42N2/c1-61(2)56-33-28-44(36-54(56)55-35-42-20-9-10-21-43(42)37-57(55)61)46-29-30-51(48-25-12-11-24-47(46)48)52-31-32-53(50-27-14-13-26-49(50)52)60-62-58(40-18-7-4-8-19-40)38-59(63-60)45-23-15-22-41(34-45)39-16-5-3-6-17-39/h3-38H,1-2H3. The van der Waals surface area contributed by atoms with Crippen molar-refractivity contribution >= 4 is 32.3 Å². The summed E-state index contributed by atoms with van der Waals surface area (Å²) >= 11 is 0. The van der Waals surface area contributed by atoms with Crippen molar-refractivity contribution in [2.24, 2.45) is 0 Å². The van der Waals surface area contributed by atoms with Crippen molar-refractivity contribution in [2.45, 2.75) is 19.3 Å². The van der Waals surface area contributed by atoms with Crippen LogP contribution >= 0.6 is 0 Å². The Bertz CT molecular complexity index is 3580. The molecule has 0 N–H and O–H groups in total. The number of hydrogen-bond acceptors (Lipinski definition) is 2. The number of nitrogens with zero attached hydrogens (tertiary/aromatic N) is 2. The molecule has 0 aliphatic heterocycles. The van der Waals surface area contributed by atoms with Crippen LogP contribution < -0.4 is 0 Å². The molecule has 0 fully saturated rings. The van der Waals surface area contributed by atoms with E-state index in [4.69, 9.17) is 9.97 Å². The van der Waals surface area contributed by atoms with Crippen LogP contribution in [-0.4, -0.2) is 9.97 Å². The second-order valence-electron chi connectivity index (χ2n) is 17.3. The SMILES string of the molecule is CC1(C)c2ccc(-c3ccc(-c4ccc(-c5nc(-c6ccccc6)cc(-c6cccc(-c7ccccc7)c6)n5)c5ccccc45)c4ccccc34)cc2-c2cc3ccccc3cc21. The van der Waals surface area contributed by atoms with Crippen LogP contribution in [0.25, 0.3) is 111 Å². The Morgan fingerprint density at radius 2 is 0.778 bits per heavy atom. The van der Waals surface area contributed by atoms with E-state index in [0.717, 1.165) is 44.4 Å². The third-order valence-corrected chi connectivity index (χ3v) is 13.3. The molecule has 0 radical (unpaired) electrons. The van der Waals surface area contributed by atoms with Gasteiger partial charge in [-0.1, -0.05) is 196 Å². The van der Waals surface area contributed by atoms with Gasteiger partial charge in [0.1, 0.15) is 0 Å². The fourth-order valence-corrected chi connectivity index (χ4v) is 10.1. The Hall–Kier alpha value is -7.94. The molecule has 63 heavy (non-hydrogen) atoms. The first-order chi connectivity index (χ1) is 31.0. The van der Waals surface area contributed by atoms with Gasteiger partial charge in [0.25, 0.3) is 0 Å². The van der Waals surface area contributed by atoms with Crippen molar-refractivity contribution in [2.75, 3.05) is 0 Å². The first-order valence-electron chi connectivity index (χ1n) is 21.8. The van der Waals surface area contributed by atoms with E-state index in [1.165, 1.54) is 71.6 Å². The summed E-state index contributed by atoms with van der Waals surface area (Å²) in [5, 5.41) is 7.32. The van der Waals surface area contributed by atoms with Gasteiger partial charge in [-0.25, -0.2) is 9.97 Å². The minimum atomic E-state index is -0.0741. The molecule has 0 atom stereocenters. The smallest absolute Gasteiger partial charge is 0.161 e. The zero-order valence-electron chi connectivity index (χ0n) is 35.2. The van der Waals surface area contributed by atoms with Crippen LogP contribution in [0.4, 0.5) is 0 Å². The lowest BCUT2D eigenvalue weighted by Crippen LogP contribution is -2.14. The quantitative estimate of drug-likeness (QED) is 0.167. The first kappa shape index (κ1) is 36.9. The van der Waals surface area contributed by atoms with E-state index in [1.54, 1.807) is 0 Å². The number of benzene rings is 10. The van der Waals surface area contributed by atoms with Gasteiger partial charge in [0, 0.05) is 22.1 Å². The molecule has 296 valence electrons. The van der Waals surface area contributed by atoms with Crippen LogP contribution in [0.3, 0.4) is 0 Å². The van der Waals surface area contributed by atoms with Crippen LogP contribution in [0.15, 0.2) is 218 Å². The van der Waals surface area contributed by atoms with Crippen molar-refractivity contribution in [1.82, 2.24) is 9.97 Å². The molecule has 2 nitrogen and oxygen atoms in total. The normalized spacial score (nSPS) is 12.7. The number of fused-ring (bicyclic) bond motifs is 6. The Morgan fingerprint density at radius 1 is 0.286 bits per heavy atom. The van der Waals surface area contributed by atoms with Crippen molar-refractivity contribution in [3.8, 4) is 78.4 Å². The zero-order chi connectivity index (χ0) is 42.1. The molecule has 0 saturated heterocycles. The summed E-state index contributed by atoms with van der Waals surface area (Å²) in [6, 6.07) is 79.1. The number of aromatic nitrogens is 2. The van der Waals surface area contributed by atoms with Crippen molar-refractivity contribution in [3.63, 3.8) is 0 Å². The highest BCUT2D eigenvalue weighted by molar-refractivity contribution is 6.12. The van der Waals surface area contributed by atoms with Crippen LogP contribution in [0.5, 0.6) is 0 Å².